The minimum atomic E-state index is -0.471. The second kappa shape index (κ2) is 8.00. The molecule has 1 saturated heterocycles. The van der Waals surface area contributed by atoms with Gasteiger partial charge in [0.05, 0.1) is 24.4 Å². The summed E-state index contributed by atoms with van der Waals surface area (Å²) >= 11 is 0. The molecule has 38 heavy (non-hydrogen) atoms. The topological polar surface area (TPSA) is 70.0 Å². The van der Waals surface area contributed by atoms with Gasteiger partial charge in [0.2, 0.25) is 5.91 Å². The molecule has 216 valence electrons. The number of carbonyl (C=O) groups excluding carboxylic acids is 1. The Balaban J connectivity index is 1.31. The van der Waals surface area contributed by atoms with Crippen LogP contribution in [0.5, 0.6) is 0 Å². The van der Waals surface area contributed by atoms with Gasteiger partial charge in [0.15, 0.2) is 0 Å². The van der Waals surface area contributed by atoms with Crippen molar-refractivity contribution in [2.24, 2.45) is 50.7 Å². The molecule has 6 rings (SSSR count). The van der Waals surface area contributed by atoms with Crippen LogP contribution in [0, 0.1) is 50.7 Å². The SMILES string of the molecule is CC(=O)N(CC1C[C@@H](C)[C@H]2C(O1)[C@H](O)[C@@]1(C)C3CC[C@H]4C(C)(C)[C@@H](O)CC[C@@]45C[C@@]35CC[C@]21C)C(C)(C)C. The van der Waals surface area contributed by atoms with Crippen molar-refractivity contribution in [1.29, 1.82) is 0 Å². The zero-order valence-electron chi connectivity index (χ0n) is 25.6. The van der Waals surface area contributed by atoms with E-state index in [9.17, 15) is 15.0 Å². The molecule has 5 heteroatoms. The molecular weight excluding hydrogens is 474 g/mol. The fraction of sp³-hybridized carbons (Fsp3) is 0.970. The van der Waals surface area contributed by atoms with Gasteiger partial charge >= 0.3 is 0 Å². The minimum absolute atomic E-state index is 0.0167. The second-order valence-electron chi connectivity index (χ2n) is 17.0. The number of fused-ring (bicyclic) bond motifs is 4. The summed E-state index contributed by atoms with van der Waals surface area (Å²) in [5.74, 6) is 2.02. The van der Waals surface area contributed by atoms with Crippen molar-refractivity contribution in [3.8, 4) is 0 Å². The molecule has 2 N–H and O–H groups in total. The van der Waals surface area contributed by atoms with E-state index in [1.54, 1.807) is 6.92 Å². The summed E-state index contributed by atoms with van der Waals surface area (Å²) in [6.07, 6.45) is 8.31. The number of amides is 1. The lowest BCUT2D eigenvalue weighted by Crippen LogP contribution is -2.59. The first-order chi connectivity index (χ1) is 17.5. The first-order valence-electron chi connectivity index (χ1n) is 15.8. The highest BCUT2D eigenvalue weighted by atomic mass is 16.5. The monoisotopic (exact) mass is 529 g/mol. The molecule has 12 atom stereocenters. The summed E-state index contributed by atoms with van der Waals surface area (Å²) in [6.45, 7) is 20.5. The van der Waals surface area contributed by atoms with E-state index in [2.05, 4.69) is 55.4 Å². The summed E-state index contributed by atoms with van der Waals surface area (Å²) in [6, 6.07) is 0. The van der Waals surface area contributed by atoms with E-state index in [1.165, 1.54) is 32.1 Å². The molecule has 0 bridgehead atoms. The molecule has 6 aliphatic rings. The Kier molecular flexibility index (Phi) is 5.79. The van der Waals surface area contributed by atoms with Crippen LogP contribution in [0.3, 0.4) is 0 Å². The van der Waals surface area contributed by atoms with Gasteiger partial charge in [-0.3, -0.25) is 4.79 Å². The maximum Gasteiger partial charge on any atom is 0.219 e. The largest absolute Gasteiger partial charge is 0.393 e. The maximum atomic E-state index is 12.5. The maximum absolute atomic E-state index is 12.5. The molecule has 0 aromatic heterocycles. The van der Waals surface area contributed by atoms with E-state index < -0.39 is 6.10 Å². The molecule has 0 aromatic carbocycles. The van der Waals surface area contributed by atoms with Gasteiger partial charge in [0, 0.05) is 24.4 Å². The average Bonchev–Trinajstić information content (AvgIpc) is 3.44. The van der Waals surface area contributed by atoms with Gasteiger partial charge in [-0.1, -0.05) is 34.6 Å². The van der Waals surface area contributed by atoms with Crippen LogP contribution in [0.1, 0.15) is 114 Å². The van der Waals surface area contributed by atoms with E-state index >= 15 is 0 Å². The minimum Gasteiger partial charge on any atom is -0.393 e. The zero-order chi connectivity index (χ0) is 27.8. The normalized spacial score (nSPS) is 54.6. The number of aliphatic hydroxyl groups excluding tert-OH is 2. The van der Waals surface area contributed by atoms with Crippen LogP contribution in [0.25, 0.3) is 0 Å². The first-order valence-corrected chi connectivity index (χ1v) is 15.8. The summed E-state index contributed by atoms with van der Waals surface area (Å²) in [5, 5.41) is 23.3. The van der Waals surface area contributed by atoms with E-state index in [0.717, 1.165) is 19.3 Å². The van der Waals surface area contributed by atoms with Crippen LogP contribution in [-0.4, -0.2) is 57.5 Å². The molecule has 1 amide bonds. The van der Waals surface area contributed by atoms with Crippen molar-refractivity contribution in [3.63, 3.8) is 0 Å². The Labute approximate surface area is 231 Å². The van der Waals surface area contributed by atoms with Gasteiger partial charge in [0.25, 0.3) is 0 Å². The van der Waals surface area contributed by atoms with Crippen molar-refractivity contribution in [2.45, 2.75) is 144 Å². The van der Waals surface area contributed by atoms with Crippen LogP contribution < -0.4 is 0 Å². The van der Waals surface area contributed by atoms with Crippen molar-refractivity contribution >= 4 is 5.91 Å². The van der Waals surface area contributed by atoms with Crippen molar-refractivity contribution < 1.29 is 19.7 Å². The molecule has 3 unspecified atom stereocenters. The third-order valence-corrected chi connectivity index (χ3v) is 14.4. The molecule has 5 aliphatic carbocycles. The summed E-state index contributed by atoms with van der Waals surface area (Å²) in [7, 11) is 0. The van der Waals surface area contributed by atoms with Crippen molar-refractivity contribution in [1.82, 2.24) is 4.90 Å². The Hall–Kier alpha value is -0.650. The van der Waals surface area contributed by atoms with Crippen LogP contribution in [-0.2, 0) is 9.53 Å². The average molecular weight is 530 g/mol. The molecular formula is C33H55NO4. The second-order valence-corrected chi connectivity index (χ2v) is 17.0. The molecule has 5 saturated carbocycles. The lowest BCUT2D eigenvalue weighted by molar-refractivity contribution is -0.182. The van der Waals surface area contributed by atoms with Crippen molar-refractivity contribution in [2.75, 3.05) is 6.54 Å². The highest BCUT2D eigenvalue weighted by Crippen LogP contribution is 2.89. The number of hydrogen-bond acceptors (Lipinski definition) is 4. The molecule has 1 aliphatic heterocycles. The third kappa shape index (κ3) is 3.13. The van der Waals surface area contributed by atoms with Gasteiger partial charge < -0.3 is 19.8 Å². The fourth-order valence-electron chi connectivity index (χ4n) is 12.6. The van der Waals surface area contributed by atoms with Gasteiger partial charge in [-0.05, 0) is 117 Å². The Bertz CT molecular complexity index is 1000. The van der Waals surface area contributed by atoms with Gasteiger partial charge in [-0.2, -0.15) is 0 Å². The van der Waals surface area contributed by atoms with Crippen molar-refractivity contribution in [3.05, 3.63) is 0 Å². The van der Waals surface area contributed by atoms with E-state index in [4.69, 9.17) is 4.74 Å². The highest BCUT2D eigenvalue weighted by molar-refractivity contribution is 5.74. The Morgan fingerprint density at radius 3 is 2.24 bits per heavy atom. The third-order valence-electron chi connectivity index (χ3n) is 14.4. The number of ether oxygens (including phenoxy) is 1. The predicted octanol–water partition coefficient (Wildman–Crippen LogP) is 5.81. The van der Waals surface area contributed by atoms with Crippen LogP contribution in [0.2, 0.25) is 0 Å². The molecule has 6 fully saturated rings. The predicted molar refractivity (Wildman–Crippen MR) is 149 cm³/mol. The van der Waals surface area contributed by atoms with Crippen LogP contribution in [0.4, 0.5) is 0 Å². The fourth-order valence-corrected chi connectivity index (χ4v) is 12.6. The Morgan fingerprint density at radius 1 is 0.974 bits per heavy atom. The summed E-state index contributed by atoms with van der Waals surface area (Å²) in [4.78, 5) is 14.5. The highest BCUT2D eigenvalue weighted by Gasteiger charge is 2.84. The van der Waals surface area contributed by atoms with Gasteiger partial charge in [-0.25, -0.2) is 0 Å². The van der Waals surface area contributed by atoms with Gasteiger partial charge in [0.1, 0.15) is 0 Å². The first kappa shape index (κ1) is 27.5. The molecule has 1 heterocycles. The van der Waals surface area contributed by atoms with Crippen LogP contribution >= 0.6 is 0 Å². The van der Waals surface area contributed by atoms with Gasteiger partial charge in [-0.15, -0.1) is 0 Å². The van der Waals surface area contributed by atoms with E-state index in [1.807, 2.05) is 4.90 Å². The lowest BCUT2D eigenvalue weighted by atomic mass is 9.41. The quantitative estimate of drug-likeness (QED) is 0.474. The number of hydrogen-bond donors (Lipinski definition) is 2. The number of aliphatic hydroxyl groups is 2. The Morgan fingerprint density at radius 2 is 1.61 bits per heavy atom. The molecule has 2 spiro atoms. The number of carbonyl (C=O) groups is 1. The van der Waals surface area contributed by atoms with Crippen LogP contribution in [0.15, 0.2) is 0 Å². The molecule has 5 nitrogen and oxygen atoms in total. The van der Waals surface area contributed by atoms with E-state index in [0.29, 0.717) is 41.0 Å². The summed E-state index contributed by atoms with van der Waals surface area (Å²) in [5.41, 5.74) is 0.320. The standard InChI is InChI=1S/C33H55NO4/c1-19-16-21(17-34(20(2)35)28(3,4)5)38-26-25(19)30(8)14-15-33-18-32(33)13-12-24(36)29(6,7)22(32)10-11-23(33)31(30,9)27(26)37/h19,21-27,36-37H,10-18H2,1-9H3/t19-,21?,22+,23?,24+,25+,26?,27+,30-,31-,32-,33+/m1/s1. The summed E-state index contributed by atoms with van der Waals surface area (Å²) < 4.78 is 6.89. The molecule has 0 radical (unpaired) electrons. The molecule has 0 aromatic rings. The zero-order valence-corrected chi connectivity index (χ0v) is 25.6. The smallest absolute Gasteiger partial charge is 0.219 e. The number of rotatable bonds is 2. The number of nitrogens with zero attached hydrogens (tertiary/aromatic N) is 1. The lowest BCUT2D eigenvalue weighted by Gasteiger charge is -2.63. The van der Waals surface area contributed by atoms with E-state index in [-0.39, 0.29) is 46.0 Å².